The maximum absolute atomic E-state index is 5.73. The molecule has 0 unspecified atom stereocenters. The van der Waals surface area contributed by atoms with Crippen molar-refractivity contribution in [2.45, 2.75) is 51.6 Å². The fraction of sp³-hybridized carbons (Fsp3) is 0.692. The van der Waals surface area contributed by atoms with Gasteiger partial charge in [-0.2, -0.15) is 0 Å². The molecule has 1 aliphatic rings. The SMILES string of the molecule is CCc1c(C)[nH]c(C2(OC)CCCC2)nc1=S. The van der Waals surface area contributed by atoms with Crippen LogP contribution >= 0.6 is 12.2 Å². The molecule has 0 aliphatic heterocycles. The van der Waals surface area contributed by atoms with Gasteiger partial charge in [0.05, 0.1) is 0 Å². The molecule has 1 aliphatic carbocycles. The first-order chi connectivity index (χ1) is 8.13. The number of hydrogen-bond donors (Lipinski definition) is 1. The topological polar surface area (TPSA) is 37.9 Å². The molecular formula is C13H20N2OS. The van der Waals surface area contributed by atoms with Crippen LogP contribution < -0.4 is 0 Å². The average molecular weight is 252 g/mol. The number of nitrogens with one attached hydrogen (secondary N) is 1. The third kappa shape index (κ3) is 2.16. The highest BCUT2D eigenvalue weighted by Gasteiger charge is 2.38. The lowest BCUT2D eigenvalue weighted by molar-refractivity contribution is -0.0165. The van der Waals surface area contributed by atoms with Crippen molar-refractivity contribution in [1.82, 2.24) is 9.97 Å². The second-order valence-electron chi connectivity index (χ2n) is 4.75. The molecule has 0 spiro atoms. The minimum atomic E-state index is -0.232. The summed E-state index contributed by atoms with van der Waals surface area (Å²) in [5.74, 6) is 0.914. The van der Waals surface area contributed by atoms with E-state index in [1.54, 1.807) is 7.11 Å². The van der Waals surface area contributed by atoms with Gasteiger partial charge in [0.1, 0.15) is 16.1 Å². The van der Waals surface area contributed by atoms with E-state index in [-0.39, 0.29) is 5.60 Å². The summed E-state index contributed by atoms with van der Waals surface area (Å²) >= 11 is 5.37. The number of rotatable bonds is 3. The summed E-state index contributed by atoms with van der Waals surface area (Å²) in [5.41, 5.74) is 2.05. The first-order valence-electron chi connectivity index (χ1n) is 6.28. The van der Waals surface area contributed by atoms with E-state index in [0.717, 1.165) is 41.0 Å². The predicted molar refractivity (Wildman–Crippen MR) is 70.7 cm³/mol. The van der Waals surface area contributed by atoms with Crippen molar-refractivity contribution in [3.8, 4) is 0 Å². The number of aromatic amines is 1. The smallest absolute Gasteiger partial charge is 0.140 e. The largest absolute Gasteiger partial charge is 0.370 e. The summed E-state index contributed by atoms with van der Waals surface area (Å²) in [6.45, 7) is 4.17. The van der Waals surface area contributed by atoms with E-state index in [0.29, 0.717) is 0 Å². The van der Waals surface area contributed by atoms with Crippen molar-refractivity contribution in [1.29, 1.82) is 0 Å². The Balaban J connectivity index is 2.49. The molecule has 0 atom stereocenters. The lowest BCUT2D eigenvalue weighted by Crippen LogP contribution is -2.28. The molecule has 94 valence electrons. The van der Waals surface area contributed by atoms with Gasteiger partial charge in [0, 0.05) is 18.4 Å². The molecule has 1 fully saturated rings. The molecule has 0 bridgehead atoms. The van der Waals surface area contributed by atoms with E-state index in [4.69, 9.17) is 17.0 Å². The number of ether oxygens (including phenoxy) is 1. The summed E-state index contributed by atoms with van der Waals surface area (Å²) in [6, 6.07) is 0. The van der Waals surface area contributed by atoms with Crippen LogP contribution in [-0.4, -0.2) is 17.1 Å². The Morgan fingerprint density at radius 3 is 2.53 bits per heavy atom. The predicted octanol–water partition coefficient (Wildman–Crippen LogP) is 3.43. The van der Waals surface area contributed by atoms with Crippen LogP contribution in [0.25, 0.3) is 0 Å². The highest BCUT2D eigenvalue weighted by atomic mass is 32.1. The summed E-state index contributed by atoms with van der Waals surface area (Å²) in [7, 11) is 1.77. The maximum Gasteiger partial charge on any atom is 0.140 e. The van der Waals surface area contributed by atoms with Crippen molar-refractivity contribution in [3.63, 3.8) is 0 Å². The van der Waals surface area contributed by atoms with Crippen molar-refractivity contribution in [2.75, 3.05) is 7.11 Å². The average Bonchev–Trinajstić information content (AvgIpc) is 2.78. The zero-order valence-corrected chi connectivity index (χ0v) is 11.6. The van der Waals surface area contributed by atoms with Gasteiger partial charge in [0.2, 0.25) is 0 Å². The number of H-pyrrole nitrogens is 1. The number of hydrogen-bond acceptors (Lipinski definition) is 3. The Kier molecular flexibility index (Phi) is 3.64. The quantitative estimate of drug-likeness (QED) is 0.838. The van der Waals surface area contributed by atoms with Gasteiger partial charge in [-0.25, -0.2) is 4.98 Å². The lowest BCUT2D eigenvalue weighted by atomic mass is 10.0. The van der Waals surface area contributed by atoms with Crippen LogP contribution in [0.5, 0.6) is 0 Å². The molecule has 2 rings (SSSR count). The van der Waals surface area contributed by atoms with Gasteiger partial charge in [-0.15, -0.1) is 0 Å². The molecule has 1 heterocycles. The normalized spacial score (nSPS) is 18.5. The van der Waals surface area contributed by atoms with Gasteiger partial charge in [0.15, 0.2) is 0 Å². The zero-order chi connectivity index (χ0) is 12.5. The molecule has 1 saturated carbocycles. The molecule has 17 heavy (non-hydrogen) atoms. The Hall–Kier alpha value is -0.740. The monoisotopic (exact) mass is 252 g/mol. The number of aryl methyl sites for hydroxylation is 1. The zero-order valence-electron chi connectivity index (χ0n) is 10.8. The van der Waals surface area contributed by atoms with E-state index >= 15 is 0 Å². The fourth-order valence-electron chi connectivity index (χ4n) is 2.73. The van der Waals surface area contributed by atoms with Crippen LogP contribution in [0.2, 0.25) is 0 Å². The minimum absolute atomic E-state index is 0.232. The second-order valence-corrected chi connectivity index (χ2v) is 5.14. The molecule has 0 saturated heterocycles. The second kappa shape index (κ2) is 4.86. The molecule has 1 aromatic rings. The van der Waals surface area contributed by atoms with Gasteiger partial charge >= 0.3 is 0 Å². The van der Waals surface area contributed by atoms with Gasteiger partial charge in [-0.05, 0) is 39.0 Å². The molecule has 1 N–H and O–H groups in total. The fourth-order valence-corrected chi connectivity index (χ4v) is 3.12. The maximum atomic E-state index is 5.73. The van der Waals surface area contributed by atoms with Crippen molar-refractivity contribution < 1.29 is 4.74 Å². The van der Waals surface area contributed by atoms with Gasteiger partial charge < -0.3 is 9.72 Å². The van der Waals surface area contributed by atoms with E-state index in [1.807, 2.05) is 0 Å². The Morgan fingerprint density at radius 2 is 2.06 bits per heavy atom. The van der Waals surface area contributed by atoms with Crippen LogP contribution in [0.15, 0.2) is 0 Å². The van der Waals surface area contributed by atoms with Crippen LogP contribution in [0.3, 0.4) is 0 Å². The van der Waals surface area contributed by atoms with Gasteiger partial charge in [-0.3, -0.25) is 0 Å². The molecule has 3 nitrogen and oxygen atoms in total. The minimum Gasteiger partial charge on any atom is -0.370 e. The van der Waals surface area contributed by atoms with E-state index in [2.05, 4.69) is 23.8 Å². The summed E-state index contributed by atoms with van der Waals surface area (Å²) in [6.07, 6.45) is 5.39. The first kappa shape index (κ1) is 12.7. The number of nitrogens with zero attached hydrogens (tertiary/aromatic N) is 1. The van der Waals surface area contributed by atoms with Crippen LogP contribution in [-0.2, 0) is 16.8 Å². The van der Waals surface area contributed by atoms with Crippen molar-refractivity contribution >= 4 is 12.2 Å². The molecule has 0 amide bonds. The first-order valence-corrected chi connectivity index (χ1v) is 6.69. The summed E-state index contributed by atoms with van der Waals surface area (Å²) in [4.78, 5) is 7.96. The number of methoxy groups -OCH3 is 1. The molecular weight excluding hydrogens is 232 g/mol. The molecule has 4 heteroatoms. The lowest BCUT2D eigenvalue weighted by Gasteiger charge is -2.27. The van der Waals surface area contributed by atoms with Crippen LogP contribution in [0.1, 0.15) is 49.7 Å². The van der Waals surface area contributed by atoms with Gasteiger partial charge in [0.25, 0.3) is 0 Å². The van der Waals surface area contributed by atoms with E-state index in [9.17, 15) is 0 Å². The third-order valence-electron chi connectivity index (χ3n) is 3.82. The highest BCUT2D eigenvalue weighted by molar-refractivity contribution is 7.71. The van der Waals surface area contributed by atoms with Crippen LogP contribution in [0.4, 0.5) is 0 Å². The van der Waals surface area contributed by atoms with E-state index in [1.165, 1.54) is 12.8 Å². The summed E-state index contributed by atoms with van der Waals surface area (Å²) < 4.78 is 6.45. The standard InChI is InChI=1S/C13H20N2OS/c1-4-10-9(2)14-12(15-11(10)17)13(16-3)7-5-6-8-13/h4-8H2,1-3H3,(H,14,15,17). The van der Waals surface area contributed by atoms with Crippen molar-refractivity contribution in [2.24, 2.45) is 0 Å². The molecule has 0 aromatic carbocycles. The molecule has 1 aromatic heterocycles. The Morgan fingerprint density at radius 1 is 1.41 bits per heavy atom. The Labute approximate surface area is 108 Å². The molecule has 0 radical (unpaired) electrons. The van der Waals surface area contributed by atoms with Crippen LogP contribution in [0, 0.1) is 11.6 Å². The summed E-state index contributed by atoms with van der Waals surface area (Å²) in [5, 5.41) is 0. The van der Waals surface area contributed by atoms with Crippen molar-refractivity contribution in [3.05, 3.63) is 21.7 Å². The van der Waals surface area contributed by atoms with Gasteiger partial charge in [-0.1, -0.05) is 19.1 Å². The Bertz CT molecular complexity index is 461. The third-order valence-corrected chi connectivity index (χ3v) is 4.15. The highest BCUT2D eigenvalue weighted by Crippen LogP contribution is 2.40. The number of aromatic nitrogens is 2. The van der Waals surface area contributed by atoms with E-state index < -0.39 is 0 Å².